The van der Waals surface area contributed by atoms with E-state index in [0.717, 1.165) is 11.6 Å². The number of nitrogens with one attached hydrogen (secondary N) is 1. The zero-order chi connectivity index (χ0) is 28.3. The van der Waals surface area contributed by atoms with Gasteiger partial charge in [-0.3, -0.25) is 0 Å². The maximum Gasteiger partial charge on any atom is 0.490 e. The maximum absolute atomic E-state index is 13.9. The van der Waals surface area contributed by atoms with Crippen LogP contribution in [0.1, 0.15) is 11.1 Å². The Labute approximate surface area is 211 Å². The number of carboxylic acids is 1. The summed E-state index contributed by atoms with van der Waals surface area (Å²) in [5.41, 5.74) is 5.92. The molecule has 0 radical (unpaired) electrons. The van der Waals surface area contributed by atoms with Gasteiger partial charge in [0.1, 0.15) is 17.3 Å². The van der Waals surface area contributed by atoms with Crippen LogP contribution in [0.15, 0.2) is 54.6 Å². The average molecular weight is 539 g/mol. The molecule has 0 bridgehead atoms. The predicted molar refractivity (Wildman–Crippen MR) is 127 cm³/mol. The molecule has 0 aliphatic heterocycles. The van der Waals surface area contributed by atoms with E-state index in [9.17, 15) is 26.3 Å². The van der Waals surface area contributed by atoms with Crippen molar-refractivity contribution in [1.29, 1.82) is 0 Å². The van der Waals surface area contributed by atoms with Crippen LogP contribution in [0.3, 0.4) is 0 Å². The number of pyridine rings is 1. The van der Waals surface area contributed by atoms with E-state index < -0.39 is 23.9 Å². The first kappa shape index (κ1) is 28.0. The van der Waals surface area contributed by atoms with Crippen molar-refractivity contribution in [1.82, 2.24) is 15.0 Å². The van der Waals surface area contributed by atoms with Crippen molar-refractivity contribution in [2.24, 2.45) is 0 Å². The van der Waals surface area contributed by atoms with Gasteiger partial charge in [-0.2, -0.15) is 36.3 Å². The number of benzene rings is 2. The Kier molecular flexibility index (Phi) is 7.93. The molecule has 4 aromatic rings. The Morgan fingerprint density at radius 3 is 2.13 bits per heavy atom. The summed E-state index contributed by atoms with van der Waals surface area (Å²) in [5, 5.41) is 10.5. The summed E-state index contributed by atoms with van der Waals surface area (Å²) in [6.07, 6.45) is -9.69. The molecule has 0 aliphatic carbocycles. The van der Waals surface area contributed by atoms with E-state index in [2.05, 4.69) is 20.3 Å². The fraction of sp³-hybridized carbons (Fsp3) is 0.167. The molecule has 0 unspecified atom stereocenters. The van der Waals surface area contributed by atoms with E-state index in [4.69, 9.17) is 20.4 Å². The van der Waals surface area contributed by atoms with Crippen LogP contribution in [0.2, 0.25) is 0 Å². The quantitative estimate of drug-likeness (QED) is 0.267. The lowest BCUT2D eigenvalue weighted by Gasteiger charge is -2.17. The highest BCUT2D eigenvalue weighted by Crippen LogP contribution is 2.43. The van der Waals surface area contributed by atoms with Crippen LogP contribution < -0.4 is 15.8 Å². The van der Waals surface area contributed by atoms with Crippen LogP contribution in [0.5, 0.6) is 11.5 Å². The van der Waals surface area contributed by atoms with Gasteiger partial charge >= 0.3 is 18.3 Å². The van der Waals surface area contributed by atoms with Crippen LogP contribution in [0, 0.1) is 6.92 Å². The smallest absolute Gasteiger partial charge is 0.475 e. The third-order valence-corrected chi connectivity index (χ3v) is 4.89. The zero-order valence-corrected chi connectivity index (χ0v) is 19.6. The van der Waals surface area contributed by atoms with Crippen LogP contribution in [-0.4, -0.2) is 39.3 Å². The van der Waals surface area contributed by atoms with Gasteiger partial charge in [0.15, 0.2) is 5.65 Å². The first-order valence-corrected chi connectivity index (χ1v) is 10.6. The second kappa shape index (κ2) is 10.8. The highest BCUT2D eigenvalue weighted by atomic mass is 19.4. The number of halogens is 6. The standard InChI is InChI=1S/C22H18F3N5O.C2HF3O2/c1-12-6-8-13(9-7-12)31-17-5-3-4-15(22(23,24)25)18(17)16-11-10-14-19(27-2)29-21(26)30-20(14)28-16;3-2(4,5)1(6)7/h3-11H,1-2H3,(H3,26,27,28,29,30);(H,6,7). The number of nitrogens with zero attached hydrogens (tertiary/aromatic N) is 3. The van der Waals surface area contributed by atoms with E-state index in [-0.39, 0.29) is 28.6 Å². The number of rotatable bonds is 4. The Morgan fingerprint density at radius 2 is 1.58 bits per heavy atom. The second-order valence-corrected chi connectivity index (χ2v) is 7.64. The molecule has 0 aliphatic rings. The summed E-state index contributed by atoms with van der Waals surface area (Å²) >= 11 is 0. The van der Waals surface area contributed by atoms with E-state index in [0.29, 0.717) is 17.0 Å². The number of hydrogen-bond acceptors (Lipinski definition) is 7. The number of aryl methyl sites for hydroxylation is 1. The summed E-state index contributed by atoms with van der Waals surface area (Å²) in [6.45, 7) is 1.91. The predicted octanol–water partition coefficient (Wildman–Crippen LogP) is 6.07. The largest absolute Gasteiger partial charge is 0.490 e. The molecular formula is C24H19F6N5O3. The van der Waals surface area contributed by atoms with Gasteiger partial charge in [0.05, 0.1) is 22.2 Å². The number of nitrogens with two attached hydrogens (primary N) is 1. The van der Waals surface area contributed by atoms with Gasteiger partial charge < -0.3 is 20.9 Å². The van der Waals surface area contributed by atoms with Gasteiger partial charge in [-0.1, -0.05) is 23.8 Å². The van der Waals surface area contributed by atoms with Crippen LogP contribution in [-0.2, 0) is 11.0 Å². The van der Waals surface area contributed by atoms with E-state index in [1.165, 1.54) is 18.2 Å². The molecular weight excluding hydrogens is 520 g/mol. The minimum atomic E-state index is -5.08. The highest BCUT2D eigenvalue weighted by molar-refractivity contribution is 5.89. The number of alkyl halides is 6. The second-order valence-electron chi connectivity index (χ2n) is 7.64. The van der Waals surface area contributed by atoms with Crippen molar-refractivity contribution in [2.45, 2.75) is 19.3 Å². The minimum Gasteiger partial charge on any atom is -0.475 e. The first-order chi connectivity index (χ1) is 17.7. The number of aromatic nitrogens is 3. The van der Waals surface area contributed by atoms with Crippen molar-refractivity contribution in [3.8, 4) is 22.8 Å². The number of hydrogen-bond donors (Lipinski definition) is 3. The summed E-state index contributed by atoms with van der Waals surface area (Å²) in [5.74, 6) is -1.92. The molecule has 4 rings (SSSR count). The van der Waals surface area contributed by atoms with E-state index >= 15 is 0 Å². The number of carbonyl (C=O) groups is 1. The first-order valence-electron chi connectivity index (χ1n) is 10.6. The van der Waals surface area contributed by atoms with Crippen molar-refractivity contribution < 1.29 is 41.0 Å². The Hall–Kier alpha value is -4.62. The average Bonchev–Trinajstić information content (AvgIpc) is 2.83. The topological polar surface area (TPSA) is 123 Å². The molecule has 38 heavy (non-hydrogen) atoms. The SMILES string of the molecule is CNc1nc(N)nc2nc(-c3c(Oc4ccc(C)cc4)cccc3C(F)(F)F)ccc12.O=C(O)C(F)(F)F. The third kappa shape index (κ3) is 6.57. The molecule has 8 nitrogen and oxygen atoms in total. The van der Waals surface area contributed by atoms with Gasteiger partial charge in [-0.05, 0) is 43.3 Å². The van der Waals surface area contributed by atoms with E-state index in [1.54, 1.807) is 25.2 Å². The lowest BCUT2D eigenvalue weighted by atomic mass is 10.0. The van der Waals surface area contributed by atoms with Gasteiger partial charge in [0.25, 0.3) is 0 Å². The molecule has 2 aromatic heterocycles. The monoisotopic (exact) mass is 539 g/mol. The molecule has 0 saturated carbocycles. The molecule has 0 amide bonds. The highest BCUT2D eigenvalue weighted by Gasteiger charge is 2.38. The number of aliphatic carboxylic acids is 1. The number of ether oxygens (including phenoxy) is 1. The fourth-order valence-corrected chi connectivity index (χ4v) is 3.21. The Balaban J connectivity index is 0.000000505. The number of nitrogen functional groups attached to an aromatic ring is 1. The number of fused-ring (bicyclic) bond motifs is 1. The molecule has 0 spiro atoms. The molecule has 0 fully saturated rings. The van der Waals surface area contributed by atoms with Gasteiger partial charge in [0, 0.05) is 7.05 Å². The summed E-state index contributed by atoms with van der Waals surface area (Å²) < 4.78 is 79.2. The summed E-state index contributed by atoms with van der Waals surface area (Å²) in [4.78, 5) is 21.4. The number of anilines is 2. The molecule has 14 heteroatoms. The van der Waals surface area contributed by atoms with Crippen LogP contribution >= 0.6 is 0 Å². The van der Waals surface area contributed by atoms with Crippen molar-refractivity contribution in [2.75, 3.05) is 18.1 Å². The van der Waals surface area contributed by atoms with Crippen molar-refractivity contribution >= 4 is 28.8 Å². The molecule has 200 valence electrons. The maximum atomic E-state index is 13.9. The molecule has 2 heterocycles. The Morgan fingerprint density at radius 1 is 0.947 bits per heavy atom. The fourth-order valence-electron chi connectivity index (χ4n) is 3.21. The van der Waals surface area contributed by atoms with Crippen LogP contribution in [0.4, 0.5) is 38.1 Å². The number of carboxylic acid groups (broad SMARTS) is 1. The minimum absolute atomic E-state index is 0.0291. The summed E-state index contributed by atoms with van der Waals surface area (Å²) in [6, 6.07) is 13.9. The molecule has 4 N–H and O–H groups in total. The molecule has 0 saturated heterocycles. The molecule has 2 aromatic carbocycles. The lowest BCUT2D eigenvalue weighted by molar-refractivity contribution is -0.192. The van der Waals surface area contributed by atoms with Crippen molar-refractivity contribution in [3.63, 3.8) is 0 Å². The van der Waals surface area contributed by atoms with Gasteiger partial charge in [-0.15, -0.1) is 0 Å². The molecule has 0 atom stereocenters. The Bertz CT molecular complexity index is 1460. The third-order valence-electron chi connectivity index (χ3n) is 4.89. The van der Waals surface area contributed by atoms with Gasteiger partial charge in [0.2, 0.25) is 5.95 Å². The normalized spacial score (nSPS) is 11.5. The van der Waals surface area contributed by atoms with Gasteiger partial charge in [-0.25, -0.2) is 9.78 Å². The van der Waals surface area contributed by atoms with Crippen molar-refractivity contribution in [3.05, 3.63) is 65.7 Å². The zero-order valence-electron chi connectivity index (χ0n) is 19.6. The lowest BCUT2D eigenvalue weighted by Crippen LogP contribution is -2.21. The summed E-state index contributed by atoms with van der Waals surface area (Å²) in [7, 11) is 1.65. The van der Waals surface area contributed by atoms with Crippen LogP contribution in [0.25, 0.3) is 22.3 Å². The van der Waals surface area contributed by atoms with E-state index in [1.807, 2.05) is 19.1 Å².